The highest BCUT2D eigenvalue weighted by molar-refractivity contribution is 5.83. The Kier molecular flexibility index (Phi) is 4.23. The lowest BCUT2D eigenvalue weighted by molar-refractivity contribution is -0.163. The van der Waals surface area contributed by atoms with Gasteiger partial charge in [0.15, 0.2) is 0 Å². The number of benzene rings is 1. The Morgan fingerprint density at radius 2 is 2.21 bits per heavy atom. The minimum Gasteiger partial charge on any atom is -0.460 e. The molecular formula is C16H21FO2. The van der Waals surface area contributed by atoms with Crippen LogP contribution in [0.3, 0.4) is 0 Å². The van der Waals surface area contributed by atoms with E-state index in [-0.39, 0.29) is 12.5 Å². The van der Waals surface area contributed by atoms with Crippen LogP contribution in [0.1, 0.15) is 50.7 Å². The highest BCUT2D eigenvalue weighted by Gasteiger charge is 2.47. The van der Waals surface area contributed by atoms with Crippen molar-refractivity contribution in [3.05, 3.63) is 35.4 Å². The minimum absolute atomic E-state index is 0.200. The number of rotatable bonds is 5. The highest BCUT2D eigenvalue weighted by Crippen LogP contribution is 2.41. The standard InChI is InChI=1S/C16H21FO2/c1-3-4-7-12(2)19-15(18)16(17)11-10-13-8-5-6-9-14(13)16/h5-6,8-9,12H,3-4,7,10-11H2,1-2H3/t12-,16?/m1/s1. The summed E-state index contributed by atoms with van der Waals surface area (Å²) in [6, 6.07) is 7.22. The number of hydrogen-bond acceptors (Lipinski definition) is 2. The maximum Gasteiger partial charge on any atom is 0.348 e. The van der Waals surface area contributed by atoms with Gasteiger partial charge in [0.2, 0.25) is 5.67 Å². The van der Waals surface area contributed by atoms with E-state index in [0.29, 0.717) is 12.0 Å². The third-order valence-electron chi connectivity index (χ3n) is 3.78. The lowest BCUT2D eigenvalue weighted by Crippen LogP contribution is -2.33. The maximum atomic E-state index is 14.9. The van der Waals surface area contributed by atoms with Gasteiger partial charge in [0, 0.05) is 12.0 Å². The van der Waals surface area contributed by atoms with Crippen molar-refractivity contribution in [2.45, 2.75) is 57.7 Å². The molecule has 3 heteroatoms. The second kappa shape index (κ2) is 5.72. The Morgan fingerprint density at radius 1 is 1.47 bits per heavy atom. The van der Waals surface area contributed by atoms with Crippen molar-refractivity contribution in [1.82, 2.24) is 0 Å². The molecule has 0 heterocycles. The first kappa shape index (κ1) is 14.0. The van der Waals surface area contributed by atoms with Crippen LogP contribution < -0.4 is 0 Å². The van der Waals surface area contributed by atoms with Crippen LogP contribution in [0.2, 0.25) is 0 Å². The minimum atomic E-state index is -1.95. The molecule has 0 fully saturated rings. The number of ether oxygens (including phenoxy) is 1. The molecule has 0 aromatic heterocycles. The zero-order valence-electron chi connectivity index (χ0n) is 11.6. The summed E-state index contributed by atoms with van der Waals surface area (Å²) in [4.78, 5) is 12.1. The number of aryl methyl sites for hydroxylation is 1. The summed E-state index contributed by atoms with van der Waals surface area (Å²) in [5.41, 5.74) is -0.539. The van der Waals surface area contributed by atoms with Gasteiger partial charge in [-0.1, -0.05) is 44.0 Å². The molecule has 1 aromatic rings. The van der Waals surface area contributed by atoms with Crippen molar-refractivity contribution in [2.24, 2.45) is 0 Å². The summed E-state index contributed by atoms with van der Waals surface area (Å²) in [6.45, 7) is 3.91. The smallest absolute Gasteiger partial charge is 0.348 e. The monoisotopic (exact) mass is 264 g/mol. The Morgan fingerprint density at radius 3 is 2.95 bits per heavy atom. The summed E-state index contributed by atoms with van der Waals surface area (Å²) in [5, 5.41) is 0. The Hall–Kier alpha value is -1.38. The van der Waals surface area contributed by atoms with E-state index in [1.807, 2.05) is 19.1 Å². The van der Waals surface area contributed by atoms with Gasteiger partial charge in [0.05, 0.1) is 6.10 Å². The third kappa shape index (κ3) is 2.80. The van der Waals surface area contributed by atoms with E-state index in [0.717, 1.165) is 24.8 Å². The van der Waals surface area contributed by atoms with E-state index in [2.05, 4.69) is 6.92 Å². The SMILES string of the molecule is CCCC[C@@H](C)OC(=O)C1(F)CCc2ccccc21. The predicted molar refractivity (Wildman–Crippen MR) is 72.6 cm³/mol. The largest absolute Gasteiger partial charge is 0.460 e. The molecule has 2 rings (SSSR count). The number of halogens is 1. The first-order chi connectivity index (χ1) is 9.08. The average Bonchev–Trinajstić information content (AvgIpc) is 2.76. The topological polar surface area (TPSA) is 26.3 Å². The Balaban J connectivity index is 2.07. The number of carbonyl (C=O) groups is 1. The summed E-state index contributed by atoms with van der Waals surface area (Å²) in [6.07, 6.45) is 3.42. The average molecular weight is 264 g/mol. The summed E-state index contributed by atoms with van der Waals surface area (Å²) >= 11 is 0. The van der Waals surface area contributed by atoms with Gasteiger partial charge in [0.25, 0.3) is 0 Å². The van der Waals surface area contributed by atoms with Crippen LogP contribution >= 0.6 is 0 Å². The van der Waals surface area contributed by atoms with E-state index >= 15 is 0 Å². The van der Waals surface area contributed by atoms with Crippen LogP contribution in [0.25, 0.3) is 0 Å². The molecule has 0 spiro atoms. The number of unbranched alkanes of at least 4 members (excludes halogenated alkanes) is 1. The fourth-order valence-corrected chi connectivity index (χ4v) is 2.61. The molecule has 0 saturated heterocycles. The molecule has 2 nitrogen and oxygen atoms in total. The van der Waals surface area contributed by atoms with Crippen molar-refractivity contribution in [3.8, 4) is 0 Å². The van der Waals surface area contributed by atoms with E-state index in [9.17, 15) is 9.18 Å². The normalized spacial score (nSPS) is 22.9. The van der Waals surface area contributed by atoms with E-state index < -0.39 is 11.6 Å². The van der Waals surface area contributed by atoms with Crippen molar-refractivity contribution in [1.29, 1.82) is 0 Å². The first-order valence-corrected chi connectivity index (χ1v) is 7.06. The van der Waals surface area contributed by atoms with Crippen molar-refractivity contribution < 1.29 is 13.9 Å². The van der Waals surface area contributed by atoms with Gasteiger partial charge < -0.3 is 4.74 Å². The molecule has 2 atom stereocenters. The van der Waals surface area contributed by atoms with Crippen molar-refractivity contribution in [3.63, 3.8) is 0 Å². The highest BCUT2D eigenvalue weighted by atomic mass is 19.1. The van der Waals surface area contributed by atoms with Gasteiger partial charge >= 0.3 is 5.97 Å². The van der Waals surface area contributed by atoms with Crippen LogP contribution in [0.15, 0.2) is 24.3 Å². The van der Waals surface area contributed by atoms with Crippen LogP contribution in [0, 0.1) is 0 Å². The van der Waals surface area contributed by atoms with Crippen LogP contribution in [0.5, 0.6) is 0 Å². The molecule has 0 aliphatic heterocycles. The molecular weight excluding hydrogens is 243 g/mol. The molecule has 104 valence electrons. The van der Waals surface area contributed by atoms with Crippen LogP contribution in [-0.2, 0) is 21.6 Å². The number of esters is 1. The maximum absolute atomic E-state index is 14.9. The fraction of sp³-hybridized carbons (Fsp3) is 0.562. The van der Waals surface area contributed by atoms with Gasteiger partial charge in [-0.15, -0.1) is 0 Å². The lowest BCUT2D eigenvalue weighted by Gasteiger charge is -2.22. The first-order valence-electron chi connectivity index (χ1n) is 7.06. The Labute approximate surface area is 114 Å². The summed E-state index contributed by atoms with van der Waals surface area (Å²) in [5.74, 6) is -0.721. The molecule has 0 amide bonds. The van der Waals surface area contributed by atoms with E-state index in [1.54, 1.807) is 12.1 Å². The number of carbonyl (C=O) groups excluding carboxylic acids is 1. The Bertz CT molecular complexity index is 458. The quantitative estimate of drug-likeness (QED) is 0.753. The predicted octanol–water partition coefficient (Wildman–Crippen LogP) is 3.92. The van der Waals surface area contributed by atoms with Gasteiger partial charge in [-0.05, 0) is 25.3 Å². The second-order valence-electron chi connectivity index (χ2n) is 5.32. The lowest BCUT2D eigenvalue weighted by atomic mass is 9.98. The van der Waals surface area contributed by atoms with Crippen LogP contribution in [-0.4, -0.2) is 12.1 Å². The number of hydrogen-bond donors (Lipinski definition) is 0. The summed E-state index contributed by atoms with van der Waals surface area (Å²) < 4.78 is 20.2. The number of alkyl halides is 1. The molecule has 19 heavy (non-hydrogen) atoms. The second-order valence-corrected chi connectivity index (χ2v) is 5.32. The van der Waals surface area contributed by atoms with Crippen molar-refractivity contribution >= 4 is 5.97 Å². The molecule has 1 aromatic carbocycles. The molecule has 0 N–H and O–H groups in total. The molecule has 1 aliphatic rings. The van der Waals surface area contributed by atoms with E-state index in [1.165, 1.54) is 0 Å². The zero-order valence-corrected chi connectivity index (χ0v) is 11.6. The fourth-order valence-electron chi connectivity index (χ4n) is 2.61. The van der Waals surface area contributed by atoms with Gasteiger partial charge in [-0.25, -0.2) is 9.18 Å². The van der Waals surface area contributed by atoms with Gasteiger partial charge in [0.1, 0.15) is 0 Å². The molecule has 0 radical (unpaired) electrons. The van der Waals surface area contributed by atoms with Crippen molar-refractivity contribution in [2.75, 3.05) is 0 Å². The molecule has 1 aliphatic carbocycles. The molecule has 0 saturated carbocycles. The zero-order chi connectivity index (χ0) is 13.9. The van der Waals surface area contributed by atoms with E-state index in [4.69, 9.17) is 4.74 Å². The van der Waals surface area contributed by atoms with Crippen LogP contribution in [0.4, 0.5) is 4.39 Å². The molecule has 1 unspecified atom stereocenters. The molecule has 0 bridgehead atoms. The number of fused-ring (bicyclic) bond motifs is 1. The third-order valence-corrected chi connectivity index (χ3v) is 3.78. The van der Waals surface area contributed by atoms with Gasteiger partial charge in [-0.2, -0.15) is 0 Å². The van der Waals surface area contributed by atoms with Gasteiger partial charge in [-0.3, -0.25) is 0 Å². The summed E-state index contributed by atoms with van der Waals surface area (Å²) in [7, 11) is 0.